The lowest BCUT2D eigenvalue weighted by atomic mass is 10.0. The van der Waals surface area contributed by atoms with E-state index in [1.165, 1.54) is 37.8 Å². The molecule has 0 bridgehead atoms. The molecule has 102 valence electrons. The zero-order valence-corrected chi connectivity index (χ0v) is 12.0. The van der Waals surface area contributed by atoms with Crippen molar-refractivity contribution in [1.82, 2.24) is 14.9 Å². The van der Waals surface area contributed by atoms with Crippen molar-refractivity contribution in [3.63, 3.8) is 0 Å². The van der Waals surface area contributed by atoms with Gasteiger partial charge in [0.05, 0.1) is 12.0 Å². The zero-order valence-electron chi connectivity index (χ0n) is 12.0. The van der Waals surface area contributed by atoms with Crippen LogP contribution in [0.4, 0.5) is 0 Å². The first-order valence-corrected chi connectivity index (χ1v) is 7.41. The predicted molar refractivity (Wildman–Crippen MR) is 75.5 cm³/mol. The quantitative estimate of drug-likeness (QED) is 0.827. The van der Waals surface area contributed by atoms with Gasteiger partial charge in [-0.3, -0.25) is 0 Å². The molecule has 0 saturated heterocycles. The Morgan fingerprint density at radius 2 is 2.17 bits per heavy atom. The molecule has 1 aliphatic carbocycles. The van der Waals surface area contributed by atoms with Crippen LogP contribution < -0.4 is 5.32 Å². The van der Waals surface area contributed by atoms with E-state index in [1.807, 2.05) is 12.5 Å². The van der Waals surface area contributed by atoms with Gasteiger partial charge in [-0.15, -0.1) is 0 Å². The Balaban J connectivity index is 2.01. The van der Waals surface area contributed by atoms with Gasteiger partial charge in [-0.1, -0.05) is 33.6 Å². The van der Waals surface area contributed by atoms with Gasteiger partial charge < -0.3 is 9.88 Å². The molecule has 3 heteroatoms. The average molecular weight is 249 g/mol. The fraction of sp³-hybridized carbons (Fsp3) is 0.800. The molecule has 3 nitrogen and oxygen atoms in total. The third kappa shape index (κ3) is 3.58. The summed E-state index contributed by atoms with van der Waals surface area (Å²) in [5.74, 6) is 0.899. The maximum absolute atomic E-state index is 4.35. The minimum absolute atomic E-state index is 0.530. The second-order valence-electron chi connectivity index (χ2n) is 6.10. The number of imidazole rings is 1. The highest BCUT2D eigenvalue weighted by molar-refractivity contribution is 5.00. The predicted octanol–water partition coefficient (Wildman–Crippen LogP) is 3.52. The van der Waals surface area contributed by atoms with E-state index in [-0.39, 0.29) is 0 Å². The minimum atomic E-state index is 0.530. The van der Waals surface area contributed by atoms with Crippen molar-refractivity contribution in [2.45, 2.75) is 71.5 Å². The average Bonchev–Trinajstić information content (AvgIpc) is 2.69. The summed E-state index contributed by atoms with van der Waals surface area (Å²) in [5.41, 5.74) is 1.34. The van der Waals surface area contributed by atoms with E-state index in [0.717, 1.165) is 12.5 Å². The fourth-order valence-electron chi connectivity index (χ4n) is 2.85. The van der Waals surface area contributed by atoms with Gasteiger partial charge in [0.25, 0.3) is 0 Å². The molecule has 0 aromatic carbocycles. The summed E-state index contributed by atoms with van der Waals surface area (Å²) in [7, 11) is 0. The number of nitrogens with zero attached hydrogens (tertiary/aromatic N) is 2. The molecular formula is C15H27N3. The number of hydrogen-bond donors (Lipinski definition) is 1. The standard InChI is InChI=1S/C15H27N3/c1-12(2)17-10-15-9-16-11-18(15)14-6-4-5-13(3)7-8-14/h9,11-14,17H,4-8,10H2,1-3H3. The molecule has 1 saturated carbocycles. The molecule has 0 radical (unpaired) electrons. The molecule has 1 aliphatic rings. The van der Waals surface area contributed by atoms with Gasteiger partial charge in [-0.2, -0.15) is 0 Å². The van der Waals surface area contributed by atoms with E-state index in [2.05, 4.69) is 35.6 Å². The molecule has 2 rings (SSSR count). The highest BCUT2D eigenvalue weighted by Crippen LogP contribution is 2.30. The second-order valence-corrected chi connectivity index (χ2v) is 6.10. The van der Waals surface area contributed by atoms with Crippen LogP contribution in [0.25, 0.3) is 0 Å². The maximum atomic E-state index is 4.35. The lowest BCUT2D eigenvalue weighted by molar-refractivity contribution is 0.415. The molecule has 1 fully saturated rings. The Morgan fingerprint density at radius 3 is 2.94 bits per heavy atom. The van der Waals surface area contributed by atoms with Gasteiger partial charge in [-0.05, 0) is 25.2 Å². The fourth-order valence-corrected chi connectivity index (χ4v) is 2.85. The number of rotatable bonds is 4. The highest BCUT2D eigenvalue weighted by Gasteiger charge is 2.19. The summed E-state index contributed by atoms with van der Waals surface area (Å²) < 4.78 is 2.41. The molecule has 2 atom stereocenters. The molecular weight excluding hydrogens is 222 g/mol. The van der Waals surface area contributed by atoms with Crippen LogP contribution in [0.3, 0.4) is 0 Å². The van der Waals surface area contributed by atoms with Crippen LogP contribution in [-0.4, -0.2) is 15.6 Å². The second kappa shape index (κ2) is 6.37. The monoisotopic (exact) mass is 249 g/mol. The molecule has 0 aliphatic heterocycles. The third-order valence-electron chi connectivity index (χ3n) is 4.06. The SMILES string of the molecule is CC1CCCC(n2cncc2CNC(C)C)CC1. The molecule has 1 aromatic rings. The largest absolute Gasteiger partial charge is 0.330 e. The molecule has 1 N–H and O–H groups in total. The summed E-state index contributed by atoms with van der Waals surface area (Å²) in [4.78, 5) is 4.35. The summed E-state index contributed by atoms with van der Waals surface area (Å²) in [6, 6.07) is 1.20. The minimum Gasteiger partial charge on any atom is -0.330 e. The van der Waals surface area contributed by atoms with Crippen molar-refractivity contribution in [3.05, 3.63) is 18.2 Å². The molecule has 0 amide bonds. The molecule has 1 aromatic heterocycles. The first-order chi connectivity index (χ1) is 8.66. The van der Waals surface area contributed by atoms with Crippen molar-refractivity contribution < 1.29 is 0 Å². The van der Waals surface area contributed by atoms with Crippen LogP contribution in [0, 0.1) is 5.92 Å². The van der Waals surface area contributed by atoms with E-state index in [9.17, 15) is 0 Å². The van der Waals surface area contributed by atoms with Crippen LogP contribution in [0.5, 0.6) is 0 Å². The summed E-state index contributed by atoms with van der Waals surface area (Å²) in [6.07, 6.45) is 10.8. The lowest BCUT2D eigenvalue weighted by Gasteiger charge is -2.20. The Labute approximate surface area is 111 Å². The van der Waals surface area contributed by atoms with Crippen LogP contribution in [0.2, 0.25) is 0 Å². The molecule has 2 unspecified atom stereocenters. The van der Waals surface area contributed by atoms with Crippen LogP contribution in [0.1, 0.15) is 64.6 Å². The third-order valence-corrected chi connectivity index (χ3v) is 4.06. The van der Waals surface area contributed by atoms with Gasteiger partial charge in [0, 0.05) is 24.8 Å². The summed E-state index contributed by atoms with van der Waals surface area (Å²) in [6.45, 7) is 7.70. The molecule has 0 spiro atoms. The van der Waals surface area contributed by atoms with Crippen LogP contribution in [-0.2, 0) is 6.54 Å². The Hall–Kier alpha value is -0.830. The zero-order chi connectivity index (χ0) is 13.0. The van der Waals surface area contributed by atoms with Crippen molar-refractivity contribution in [3.8, 4) is 0 Å². The first kappa shape index (κ1) is 13.6. The van der Waals surface area contributed by atoms with E-state index < -0.39 is 0 Å². The van der Waals surface area contributed by atoms with Crippen LogP contribution in [0.15, 0.2) is 12.5 Å². The van der Waals surface area contributed by atoms with Crippen molar-refractivity contribution in [2.24, 2.45) is 5.92 Å². The topological polar surface area (TPSA) is 29.9 Å². The lowest BCUT2D eigenvalue weighted by Crippen LogP contribution is -2.24. The number of aromatic nitrogens is 2. The van der Waals surface area contributed by atoms with Gasteiger partial charge >= 0.3 is 0 Å². The summed E-state index contributed by atoms with van der Waals surface area (Å²) in [5, 5.41) is 3.49. The van der Waals surface area contributed by atoms with E-state index in [0.29, 0.717) is 12.1 Å². The highest BCUT2D eigenvalue weighted by atomic mass is 15.1. The molecule has 18 heavy (non-hydrogen) atoms. The summed E-state index contributed by atoms with van der Waals surface area (Å²) >= 11 is 0. The van der Waals surface area contributed by atoms with Crippen molar-refractivity contribution in [2.75, 3.05) is 0 Å². The number of nitrogens with one attached hydrogen (secondary N) is 1. The Bertz CT molecular complexity index is 356. The smallest absolute Gasteiger partial charge is 0.0951 e. The molecule has 1 heterocycles. The Kier molecular flexibility index (Phi) is 4.81. The first-order valence-electron chi connectivity index (χ1n) is 7.41. The number of hydrogen-bond acceptors (Lipinski definition) is 2. The van der Waals surface area contributed by atoms with Crippen molar-refractivity contribution in [1.29, 1.82) is 0 Å². The van der Waals surface area contributed by atoms with E-state index in [1.54, 1.807) is 0 Å². The van der Waals surface area contributed by atoms with Gasteiger partial charge in [0.2, 0.25) is 0 Å². The van der Waals surface area contributed by atoms with Gasteiger partial charge in [0.1, 0.15) is 0 Å². The van der Waals surface area contributed by atoms with E-state index >= 15 is 0 Å². The normalized spacial score (nSPS) is 25.3. The van der Waals surface area contributed by atoms with Crippen molar-refractivity contribution >= 4 is 0 Å². The van der Waals surface area contributed by atoms with Gasteiger partial charge in [0.15, 0.2) is 0 Å². The maximum Gasteiger partial charge on any atom is 0.0951 e. The van der Waals surface area contributed by atoms with E-state index in [4.69, 9.17) is 0 Å². The Morgan fingerprint density at radius 1 is 1.33 bits per heavy atom. The van der Waals surface area contributed by atoms with Gasteiger partial charge in [-0.25, -0.2) is 4.98 Å². The van der Waals surface area contributed by atoms with Crippen LogP contribution >= 0.6 is 0 Å².